The van der Waals surface area contributed by atoms with Crippen LogP contribution < -0.4 is 0 Å². The molecule has 390 valence electrons. The Hall–Kier alpha value is -3.41. The van der Waals surface area contributed by atoms with Gasteiger partial charge in [0.1, 0.15) is 13.2 Å². The van der Waals surface area contributed by atoms with Crippen LogP contribution in [0.2, 0.25) is 0 Å². The Balaban J connectivity index is 4.31. The number of carbonyl (C=O) groups excluding carboxylic acids is 3. The predicted molar refractivity (Wildman–Crippen MR) is 293 cm³/mol. The summed E-state index contributed by atoms with van der Waals surface area (Å²) in [6.07, 6.45) is 73.0. The topological polar surface area (TPSA) is 78.9 Å². The third-order valence-electron chi connectivity index (χ3n) is 12.1. The maximum Gasteiger partial charge on any atom is 0.306 e. The van der Waals surface area contributed by atoms with Crippen molar-refractivity contribution in [2.75, 3.05) is 13.2 Å². The van der Waals surface area contributed by atoms with Crippen molar-refractivity contribution in [1.82, 2.24) is 0 Å². The van der Waals surface area contributed by atoms with E-state index in [9.17, 15) is 14.4 Å². The summed E-state index contributed by atoms with van der Waals surface area (Å²) in [6, 6.07) is 0. The van der Waals surface area contributed by atoms with Crippen molar-refractivity contribution in [3.05, 3.63) is 85.1 Å². The molecule has 68 heavy (non-hydrogen) atoms. The molecule has 6 nitrogen and oxygen atoms in total. The molecule has 0 rings (SSSR count). The zero-order valence-corrected chi connectivity index (χ0v) is 44.6. The molecule has 0 aliphatic rings. The van der Waals surface area contributed by atoms with E-state index in [4.69, 9.17) is 14.2 Å². The van der Waals surface area contributed by atoms with Gasteiger partial charge in [0.25, 0.3) is 0 Å². The smallest absolute Gasteiger partial charge is 0.306 e. The molecule has 0 heterocycles. The fourth-order valence-corrected chi connectivity index (χ4v) is 7.82. The van der Waals surface area contributed by atoms with Crippen LogP contribution in [0.25, 0.3) is 0 Å². The number of carbonyl (C=O) groups is 3. The summed E-state index contributed by atoms with van der Waals surface area (Å²) in [5.74, 6) is -0.924. The van der Waals surface area contributed by atoms with Gasteiger partial charge in [0.2, 0.25) is 0 Å². The summed E-state index contributed by atoms with van der Waals surface area (Å²) in [4.78, 5) is 38.1. The van der Waals surface area contributed by atoms with Crippen molar-refractivity contribution in [2.45, 2.75) is 277 Å². The van der Waals surface area contributed by atoms with E-state index < -0.39 is 6.10 Å². The summed E-state index contributed by atoms with van der Waals surface area (Å²) in [5.41, 5.74) is 0. The highest BCUT2D eigenvalue weighted by Crippen LogP contribution is 2.15. The molecule has 0 fully saturated rings. The highest BCUT2D eigenvalue weighted by atomic mass is 16.6. The van der Waals surface area contributed by atoms with Crippen LogP contribution in [-0.2, 0) is 28.6 Å². The molecule has 0 amide bonds. The number of unbranched alkanes of at least 4 members (excludes halogenated alkanes) is 26. The molecule has 0 aromatic rings. The molecular formula is C62H106O6. The Morgan fingerprint density at radius 1 is 0.309 bits per heavy atom. The first-order valence-electron chi connectivity index (χ1n) is 28.6. The first-order valence-corrected chi connectivity index (χ1v) is 28.6. The Kier molecular flexibility index (Phi) is 53.4. The molecule has 0 saturated carbocycles. The van der Waals surface area contributed by atoms with Gasteiger partial charge in [-0.15, -0.1) is 0 Å². The van der Waals surface area contributed by atoms with Crippen LogP contribution in [0.3, 0.4) is 0 Å². The fourth-order valence-electron chi connectivity index (χ4n) is 7.82. The van der Waals surface area contributed by atoms with Gasteiger partial charge in [0, 0.05) is 19.3 Å². The third-order valence-corrected chi connectivity index (χ3v) is 12.1. The first kappa shape index (κ1) is 64.6. The minimum atomic E-state index is -0.793. The molecule has 0 aromatic carbocycles. The predicted octanol–water partition coefficient (Wildman–Crippen LogP) is 19.2. The minimum absolute atomic E-state index is 0.0902. The molecule has 6 heteroatoms. The summed E-state index contributed by atoms with van der Waals surface area (Å²) in [5, 5.41) is 0. The fraction of sp³-hybridized carbons (Fsp3) is 0.726. The van der Waals surface area contributed by atoms with E-state index in [1.807, 2.05) is 0 Å². The van der Waals surface area contributed by atoms with Crippen LogP contribution in [0, 0.1) is 0 Å². The molecule has 0 bridgehead atoms. The van der Waals surface area contributed by atoms with Crippen molar-refractivity contribution in [3.63, 3.8) is 0 Å². The van der Waals surface area contributed by atoms with Gasteiger partial charge in [-0.25, -0.2) is 0 Å². The normalized spacial score (nSPS) is 12.7. The van der Waals surface area contributed by atoms with Crippen LogP contribution in [0.5, 0.6) is 0 Å². The monoisotopic (exact) mass is 947 g/mol. The lowest BCUT2D eigenvalue weighted by molar-refractivity contribution is -0.167. The van der Waals surface area contributed by atoms with Crippen molar-refractivity contribution in [2.24, 2.45) is 0 Å². The van der Waals surface area contributed by atoms with Gasteiger partial charge >= 0.3 is 17.9 Å². The molecule has 0 radical (unpaired) electrons. The number of esters is 3. The SMILES string of the molecule is CC/C=C\C/C=C\C/C=C\C/C=C\CCCCCCC(=O)OC(COC(=O)CCCCCCC/C=C\CCC)COC(=O)CCCCCCCCCCCCC/C=C\C/C=C\CCCCCCC. The third kappa shape index (κ3) is 53.5. The average molecular weight is 948 g/mol. The summed E-state index contributed by atoms with van der Waals surface area (Å²) < 4.78 is 16.8. The van der Waals surface area contributed by atoms with Gasteiger partial charge in [-0.3, -0.25) is 14.4 Å². The summed E-state index contributed by atoms with van der Waals surface area (Å²) in [6.45, 7) is 6.43. The number of ether oxygens (including phenoxy) is 3. The minimum Gasteiger partial charge on any atom is -0.462 e. The highest BCUT2D eigenvalue weighted by Gasteiger charge is 2.19. The van der Waals surface area contributed by atoms with E-state index in [1.54, 1.807) is 0 Å². The van der Waals surface area contributed by atoms with Crippen LogP contribution in [0.15, 0.2) is 85.1 Å². The lowest BCUT2D eigenvalue weighted by Gasteiger charge is -2.18. The Morgan fingerprint density at radius 2 is 0.603 bits per heavy atom. The van der Waals surface area contributed by atoms with Gasteiger partial charge in [-0.2, -0.15) is 0 Å². The Bertz CT molecular complexity index is 1320. The lowest BCUT2D eigenvalue weighted by atomic mass is 10.0. The van der Waals surface area contributed by atoms with Gasteiger partial charge in [0.15, 0.2) is 6.10 Å². The largest absolute Gasteiger partial charge is 0.462 e. The number of hydrogen-bond donors (Lipinski definition) is 0. The molecule has 0 aliphatic heterocycles. The maximum atomic E-state index is 12.8. The van der Waals surface area contributed by atoms with Gasteiger partial charge < -0.3 is 14.2 Å². The molecule has 0 spiro atoms. The number of rotatable bonds is 51. The van der Waals surface area contributed by atoms with Crippen LogP contribution in [0.4, 0.5) is 0 Å². The second kappa shape index (κ2) is 56.2. The van der Waals surface area contributed by atoms with Crippen LogP contribution >= 0.6 is 0 Å². The van der Waals surface area contributed by atoms with Gasteiger partial charge in [-0.1, -0.05) is 228 Å². The van der Waals surface area contributed by atoms with Crippen molar-refractivity contribution in [3.8, 4) is 0 Å². The zero-order valence-electron chi connectivity index (χ0n) is 44.6. The van der Waals surface area contributed by atoms with Gasteiger partial charge in [0.05, 0.1) is 0 Å². The standard InChI is InChI=1S/C62H106O6/c1-4-7-10-13-16-19-22-24-26-28-29-30-31-32-33-35-36-38-40-43-46-49-52-55-61(64)67-58-59(57-66-60(63)54-51-48-45-42-21-18-15-12-9-6-3)68-62(65)56-53-50-47-44-41-39-37-34-27-25-23-20-17-14-11-8-5-2/h8,11-12,15,17,20,22,24-25,27-29,37,39,59H,4-7,9-10,13-14,16,18-19,21,23,26,30-36,38,40-58H2,1-3H3/b11-8-,15-12-,20-17-,24-22-,27-25-,29-28-,39-37-. The molecular weight excluding hydrogens is 841 g/mol. The molecule has 0 aromatic heterocycles. The zero-order chi connectivity index (χ0) is 49.3. The van der Waals surface area contributed by atoms with Crippen LogP contribution in [-0.4, -0.2) is 37.2 Å². The van der Waals surface area contributed by atoms with Gasteiger partial charge in [-0.05, 0) is 109 Å². The van der Waals surface area contributed by atoms with E-state index in [1.165, 1.54) is 109 Å². The molecule has 1 atom stereocenters. The van der Waals surface area contributed by atoms with Crippen molar-refractivity contribution < 1.29 is 28.6 Å². The average Bonchev–Trinajstić information content (AvgIpc) is 3.34. The molecule has 0 N–H and O–H groups in total. The maximum absolute atomic E-state index is 12.8. The number of allylic oxidation sites excluding steroid dienone is 14. The molecule has 0 saturated heterocycles. The quantitative estimate of drug-likeness (QED) is 0.0262. The van der Waals surface area contributed by atoms with Crippen molar-refractivity contribution in [1.29, 1.82) is 0 Å². The van der Waals surface area contributed by atoms with E-state index in [0.29, 0.717) is 19.3 Å². The van der Waals surface area contributed by atoms with E-state index >= 15 is 0 Å². The highest BCUT2D eigenvalue weighted by molar-refractivity contribution is 5.71. The lowest BCUT2D eigenvalue weighted by Crippen LogP contribution is -2.30. The molecule has 1 unspecified atom stereocenters. The summed E-state index contributed by atoms with van der Waals surface area (Å²) in [7, 11) is 0. The Labute approximate surface area is 420 Å². The van der Waals surface area contributed by atoms with E-state index in [2.05, 4.69) is 106 Å². The van der Waals surface area contributed by atoms with E-state index in [0.717, 1.165) is 122 Å². The van der Waals surface area contributed by atoms with Crippen LogP contribution in [0.1, 0.15) is 271 Å². The van der Waals surface area contributed by atoms with E-state index in [-0.39, 0.29) is 31.1 Å². The first-order chi connectivity index (χ1) is 33.5. The summed E-state index contributed by atoms with van der Waals surface area (Å²) >= 11 is 0. The van der Waals surface area contributed by atoms with Crippen molar-refractivity contribution >= 4 is 17.9 Å². The second-order valence-electron chi connectivity index (χ2n) is 18.8. The second-order valence-corrected chi connectivity index (χ2v) is 18.8. The number of hydrogen-bond acceptors (Lipinski definition) is 6. The molecule has 0 aliphatic carbocycles. The Morgan fingerprint density at radius 3 is 0.971 bits per heavy atom.